The van der Waals surface area contributed by atoms with E-state index < -0.39 is 0 Å². The molecule has 0 aromatic heterocycles. The standard InChI is InChI=1S/C6H16N2.C4H6O/c1-4-7-5-6-8(2)3;1-2-3-4-5/h7H,4-6H2,1-3H3;2,4H,1,3H2. The number of nitrogens with zero attached hydrogens (tertiary/aromatic N) is 1. The molecule has 78 valence electrons. The summed E-state index contributed by atoms with van der Waals surface area (Å²) in [6.45, 7) is 8.75. The third-order valence-electron chi connectivity index (χ3n) is 1.25. The molecule has 0 saturated heterocycles. The van der Waals surface area contributed by atoms with Crippen molar-refractivity contribution >= 4 is 6.29 Å². The fourth-order valence-corrected chi connectivity index (χ4v) is 0.547. The van der Waals surface area contributed by atoms with Gasteiger partial charge in [-0.2, -0.15) is 0 Å². The number of rotatable bonds is 6. The Labute approximate surface area is 81.8 Å². The Hall–Kier alpha value is -0.670. The van der Waals surface area contributed by atoms with E-state index in [4.69, 9.17) is 0 Å². The summed E-state index contributed by atoms with van der Waals surface area (Å²) in [5, 5.41) is 3.24. The first-order valence-corrected chi connectivity index (χ1v) is 4.59. The number of hydrogen-bond acceptors (Lipinski definition) is 3. The minimum Gasteiger partial charge on any atom is -0.316 e. The number of nitrogens with one attached hydrogen (secondary N) is 1. The van der Waals surface area contributed by atoms with Crippen molar-refractivity contribution in [2.24, 2.45) is 0 Å². The molecule has 0 aliphatic heterocycles. The molecule has 0 bridgehead atoms. The largest absolute Gasteiger partial charge is 0.316 e. The predicted molar refractivity (Wildman–Crippen MR) is 58.0 cm³/mol. The molecule has 1 N–H and O–H groups in total. The van der Waals surface area contributed by atoms with Gasteiger partial charge in [-0.25, -0.2) is 0 Å². The zero-order valence-electron chi connectivity index (χ0n) is 9.05. The van der Waals surface area contributed by atoms with E-state index in [9.17, 15) is 4.79 Å². The van der Waals surface area contributed by atoms with Gasteiger partial charge < -0.3 is 15.0 Å². The maximum atomic E-state index is 9.33. The molecule has 0 aromatic carbocycles. The van der Waals surface area contributed by atoms with Crippen LogP contribution in [0.25, 0.3) is 0 Å². The van der Waals surface area contributed by atoms with E-state index in [0.717, 1.165) is 25.9 Å². The number of hydrogen-bond donors (Lipinski definition) is 1. The van der Waals surface area contributed by atoms with Crippen molar-refractivity contribution in [3.8, 4) is 0 Å². The van der Waals surface area contributed by atoms with Crippen LogP contribution in [-0.4, -0.2) is 44.9 Å². The highest BCUT2D eigenvalue weighted by Crippen LogP contribution is 1.68. The van der Waals surface area contributed by atoms with Crippen LogP contribution in [0.15, 0.2) is 12.7 Å². The van der Waals surface area contributed by atoms with Gasteiger partial charge in [-0.05, 0) is 20.6 Å². The average Bonchev–Trinajstić information content (AvgIpc) is 2.07. The lowest BCUT2D eigenvalue weighted by atomic mass is 10.5. The van der Waals surface area contributed by atoms with Crippen molar-refractivity contribution in [2.75, 3.05) is 33.7 Å². The summed E-state index contributed by atoms with van der Waals surface area (Å²) in [7, 11) is 4.16. The SMILES string of the molecule is C=CCC=O.CCNCCN(C)C. The van der Waals surface area contributed by atoms with Crippen LogP contribution in [0.3, 0.4) is 0 Å². The van der Waals surface area contributed by atoms with Crippen molar-refractivity contribution < 1.29 is 4.79 Å². The zero-order chi connectivity index (χ0) is 10.5. The Morgan fingerprint density at radius 2 is 2.08 bits per heavy atom. The Kier molecular flexibility index (Phi) is 15.8. The van der Waals surface area contributed by atoms with Gasteiger partial charge in [0.05, 0.1) is 0 Å². The first-order valence-electron chi connectivity index (χ1n) is 4.59. The fourth-order valence-electron chi connectivity index (χ4n) is 0.547. The first kappa shape index (κ1) is 14.8. The Morgan fingerprint density at radius 1 is 1.46 bits per heavy atom. The first-order chi connectivity index (χ1) is 6.18. The van der Waals surface area contributed by atoms with Gasteiger partial charge in [0, 0.05) is 19.5 Å². The van der Waals surface area contributed by atoms with Gasteiger partial charge in [0.2, 0.25) is 0 Å². The van der Waals surface area contributed by atoms with Gasteiger partial charge in [-0.15, -0.1) is 6.58 Å². The summed E-state index contributed by atoms with van der Waals surface area (Å²) >= 11 is 0. The van der Waals surface area contributed by atoms with E-state index in [1.807, 2.05) is 0 Å². The normalized spacial score (nSPS) is 8.92. The highest BCUT2D eigenvalue weighted by Gasteiger charge is 1.84. The second kappa shape index (κ2) is 13.9. The van der Waals surface area contributed by atoms with E-state index in [-0.39, 0.29) is 0 Å². The molecule has 13 heavy (non-hydrogen) atoms. The molecule has 0 amide bonds. The third kappa shape index (κ3) is 24.6. The molecule has 3 nitrogen and oxygen atoms in total. The molecule has 0 aliphatic carbocycles. The fraction of sp³-hybridized carbons (Fsp3) is 0.700. The number of carbonyl (C=O) groups is 1. The summed E-state index contributed by atoms with van der Waals surface area (Å²) in [4.78, 5) is 11.5. The van der Waals surface area contributed by atoms with Gasteiger partial charge in [-0.3, -0.25) is 0 Å². The van der Waals surface area contributed by atoms with Gasteiger partial charge in [0.15, 0.2) is 0 Å². The van der Waals surface area contributed by atoms with Crippen LogP contribution in [0.2, 0.25) is 0 Å². The summed E-state index contributed by atoms with van der Waals surface area (Å²) in [5.74, 6) is 0. The Balaban J connectivity index is 0. The highest BCUT2D eigenvalue weighted by molar-refractivity contribution is 5.51. The lowest BCUT2D eigenvalue weighted by Gasteiger charge is -2.08. The minimum absolute atomic E-state index is 0.472. The Morgan fingerprint density at radius 3 is 2.31 bits per heavy atom. The lowest BCUT2D eigenvalue weighted by Crippen LogP contribution is -2.26. The summed E-state index contributed by atoms with van der Waals surface area (Å²) < 4.78 is 0. The van der Waals surface area contributed by atoms with Crippen LogP contribution in [0.1, 0.15) is 13.3 Å². The lowest BCUT2D eigenvalue weighted by molar-refractivity contribution is -0.107. The second-order valence-electron chi connectivity index (χ2n) is 2.85. The monoisotopic (exact) mass is 186 g/mol. The molecular weight excluding hydrogens is 164 g/mol. The quantitative estimate of drug-likeness (QED) is 0.380. The van der Waals surface area contributed by atoms with Gasteiger partial charge in [0.1, 0.15) is 6.29 Å². The minimum atomic E-state index is 0.472. The van der Waals surface area contributed by atoms with Crippen LogP contribution < -0.4 is 5.32 Å². The second-order valence-corrected chi connectivity index (χ2v) is 2.85. The number of allylic oxidation sites excluding steroid dienone is 1. The van der Waals surface area contributed by atoms with E-state index in [2.05, 4.69) is 37.8 Å². The van der Waals surface area contributed by atoms with Crippen LogP contribution in [0.5, 0.6) is 0 Å². The molecule has 0 atom stereocenters. The van der Waals surface area contributed by atoms with Crippen molar-refractivity contribution in [2.45, 2.75) is 13.3 Å². The average molecular weight is 186 g/mol. The van der Waals surface area contributed by atoms with Crippen molar-refractivity contribution in [1.29, 1.82) is 0 Å². The van der Waals surface area contributed by atoms with Crippen LogP contribution in [-0.2, 0) is 4.79 Å². The molecule has 3 heteroatoms. The molecule has 0 unspecified atom stereocenters. The molecular formula is C10H22N2O. The summed E-state index contributed by atoms with van der Waals surface area (Å²) in [5.41, 5.74) is 0. The molecule has 0 aromatic rings. The van der Waals surface area contributed by atoms with Crippen LogP contribution >= 0.6 is 0 Å². The molecule has 0 rings (SSSR count). The number of aldehydes is 1. The maximum absolute atomic E-state index is 9.33. The van der Waals surface area contributed by atoms with Gasteiger partial charge >= 0.3 is 0 Å². The highest BCUT2D eigenvalue weighted by atomic mass is 16.1. The maximum Gasteiger partial charge on any atom is 0.123 e. The summed E-state index contributed by atoms with van der Waals surface area (Å²) in [6, 6.07) is 0. The smallest absolute Gasteiger partial charge is 0.123 e. The number of carbonyl (C=O) groups excluding carboxylic acids is 1. The van der Waals surface area contributed by atoms with Crippen LogP contribution in [0, 0.1) is 0 Å². The van der Waals surface area contributed by atoms with Crippen LogP contribution in [0.4, 0.5) is 0 Å². The molecule has 0 saturated carbocycles. The van der Waals surface area contributed by atoms with Crippen molar-refractivity contribution in [3.63, 3.8) is 0 Å². The van der Waals surface area contributed by atoms with Gasteiger partial charge in [-0.1, -0.05) is 13.0 Å². The number of likely N-dealkylation sites (N-methyl/N-ethyl adjacent to an activating group) is 2. The molecule has 0 radical (unpaired) electrons. The predicted octanol–water partition coefficient (Wildman–Crippen LogP) is 0.919. The molecule has 0 spiro atoms. The van der Waals surface area contributed by atoms with E-state index in [1.54, 1.807) is 6.08 Å². The van der Waals surface area contributed by atoms with Gasteiger partial charge in [0.25, 0.3) is 0 Å². The molecule has 0 heterocycles. The van der Waals surface area contributed by atoms with Crippen molar-refractivity contribution in [1.82, 2.24) is 10.2 Å². The molecule has 0 aliphatic rings. The zero-order valence-corrected chi connectivity index (χ0v) is 9.05. The Bertz CT molecular complexity index is 107. The van der Waals surface area contributed by atoms with E-state index >= 15 is 0 Å². The summed E-state index contributed by atoms with van der Waals surface area (Å²) in [6.07, 6.45) is 2.85. The molecule has 0 fully saturated rings. The van der Waals surface area contributed by atoms with E-state index in [1.165, 1.54) is 0 Å². The van der Waals surface area contributed by atoms with Crippen molar-refractivity contribution in [3.05, 3.63) is 12.7 Å². The topological polar surface area (TPSA) is 32.3 Å². The van der Waals surface area contributed by atoms with E-state index in [0.29, 0.717) is 6.42 Å². The third-order valence-corrected chi connectivity index (χ3v) is 1.25.